The number of hydrogen-bond donors (Lipinski definition) is 1. The summed E-state index contributed by atoms with van der Waals surface area (Å²) in [5.74, 6) is 0.720. The van der Waals surface area contributed by atoms with Gasteiger partial charge in [0.15, 0.2) is 0 Å². The molecule has 162 valence electrons. The minimum Gasteiger partial charge on any atom is -0.491 e. The highest BCUT2D eigenvalue weighted by molar-refractivity contribution is 5.94. The lowest BCUT2D eigenvalue weighted by Crippen LogP contribution is -2.45. The van der Waals surface area contributed by atoms with Crippen molar-refractivity contribution >= 4 is 5.91 Å². The van der Waals surface area contributed by atoms with E-state index in [1.807, 2.05) is 30.3 Å². The first-order valence-electron chi connectivity index (χ1n) is 11.1. The number of likely N-dealkylation sites (N-methyl/N-ethyl adjacent to an activating group) is 1. The number of carbonyl (C=O) groups is 1. The lowest BCUT2D eigenvalue weighted by molar-refractivity contribution is 0.0679. The largest absolute Gasteiger partial charge is 0.491 e. The van der Waals surface area contributed by atoms with Gasteiger partial charge < -0.3 is 14.8 Å². The average Bonchev–Trinajstić information content (AvgIpc) is 3.31. The average molecular weight is 411 g/mol. The summed E-state index contributed by atoms with van der Waals surface area (Å²) < 4.78 is 11.4. The SMILES string of the molecule is CCN(CC)[C@@H](CNC(=O)c1ccc(OC[C@@H]2CCCO2)cc1)Cc1ccccc1. The van der Waals surface area contributed by atoms with Crippen LogP contribution in [0.3, 0.4) is 0 Å². The lowest BCUT2D eigenvalue weighted by Gasteiger charge is -2.30. The molecule has 2 aromatic carbocycles. The van der Waals surface area contributed by atoms with Crippen LogP contribution in [0, 0.1) is 0 Å². The number of rotatable bonds is 11. The molecule has 5 heteroatoms. The molecule has 1 heterocycles. The predicted molar refractivity (Wildman–Crippen MR) is 120 cm³/mol. The Hall–Kier alpha value is -2.37. The van der Waals surface area contributed by atoms with Crippen LogP contribution in [0.5, 0.6) is 5.75 Å². The van der Waals surface area contributed by atoms with Crippen molar-refractivity contribution in [2.75, 3.05) is 32.8 Å². The molecule has 0 aliphatic carbocycles. The molecule has 0 spiro atoms. The molecule has 5 nitrogen and oxygen atoms in total. The second-order valence-electron chi connectivity index (χ2n) is 7.75. The number of benzene rings is 2. The molecule has 1 saturated heterocycles. The maximum atomic E-state index is 12.7. The van der Waals surface area contributed by atoms with Gasteiger partial charge in [0.25, 0.3) is 5.91 Å². The fraction of sp³-hybridized carbons (Fsp3) is 0.480. The van der Waals surface area contributed by atoms with Crippen LogP contribution in [0.25, 0.3) is 0 Å². The molecular formula is C25H34N2O3. The molecule has 1 N–H and O–H groups in total. The Morgan fingerprint density at radius 1 is 1.13 bits per heavy atom. The lowest BCUT2D eigenvalue weighted by atomic mass is 10.0. The minimum atomic E-state index is -0.0501. The van der Waals surface area contributed by atoms with Crippen molar-refractivity contribution < 1.29 is 14.3 Å². The molecule has 2 atom stereocenters. The van der Waals surface area contributed by atoms with Gasteiger partial charge in [0.2, 0.25) is 0 Å². The number of hydrogen-bond acceptors (Lipinski definition) is 4. The molecule has 1 aliphatic rings. The fourth-order valence-corrected chi connectivity index (χ4v) is 3.94. The third kappa shape index (κ3) is 6.57. The maximum Gasteiger partial charge on any atom is 0.251 e. The van der Waals surface area contributed by atoms with Crippen LogP contribution in [0.2, 0.25) is 0 Å². The van der Waals surface area contributed by atoms with Crippen LogP contribution >= 0.6 is 0 Å². The quantitative estimate of drug-likeness (QED) is 0.610. The van der Waals surface area contributed by atoms with E-state index >= 15 is 0 Å². The summed E-state index contributed by atoms with van der Waals surface area (Å²) in [5.41, 5.74) is 1.94. The first-order chi connectivity index (χ1) is 14.7. The highest BCUT2D eigenvalue weighted by atomic mass is 16.5. The van der Waals surface area contributed by atoms with Gasteiger partial charge in [-0.05, 0) is 62.2 Å². The van der Waals surface area contributed by atoms with E-state index in [1.165, 1.54) is 5.56 Å². The Labute approximate surface area is 180 Å². The van der Waals surface area contributed by atoms with E-state index in [0.717, 1.165) is 44.7 Å². The second-order valence-corrected chi connectivity index (χ2v) is 7.75. The molecule has 1 fully saturated rings. The van der Waals surface area contributed by atoms with E-state index in [9.17, 15) is 4.79 Å². The number of amides is 1. The van der Waals surface area contributed by atoms with Crippen molar-refractivity contribution in [3.8, 4) is 5.75 Å². The first-order valence-corrected chi connectivity index (χ1v) is 11.1. The molecule has 0 aromatic heterocycles. The molecule has 0 radical (unpaired) electrons. The van der Waals surface area contributed by atoms with Gasteiger partial charge in [-0.15, -0.1) is 0 Å². The molecule has 30 heavy (non-hydrogen) atoms. The topological polar surface area (TPSA) is 50.8 Å². The zero-order valence-electron chi connectivity index (χ0n) is 18.2. The van der Waals surface area contributed by atoms with Crippen LogP contribution in [-0.2, 0) is 11.2 Å². The Bertz CT molecular complexity index is 754. The van der Waals surface area contributed by atoms with Crippen LogP contribution in [0.15, 0.2) is 54.6 Å². The van der Waals surface area contributed by atoms with Crippen LogP contribution in [0.4, 0.5) is 0 Å². The molecule has 2 aromatic rings. The van der Waals surface area contributed by atoms with Crippen LogP contribution < -0.4 is 10.1 Å². The summed E-state index contributed by atoms with van der Waals surface area (Å²) >= 11 is 0. The second kappa shape index (κ2) is 11.7. The molecule has 0 saturated carbocycles. The summed E-state index contributed by atoms with van der Waals surface area (Å²) in [6, 6.07) is 18.1. The number of carbonyl (C=O) groups excluding carboxylic acids is 1. The van der Waals surface area contributed by atoms with Gasteiger partial charge in [0.05, 0.1) is 6.10 Å². The maximum absolute atomic E-state index is 12.7. The first kappa shape index (κ1) is 22.3. The molecule has 0 unspecified atom stereocenters. The summed E-state index contributed by atoms with van der Waals surface area (Å²) in [4.78, 5) is 15.1. The summed E-state index contributed by atoms with van der Waals surface area (Å²) in [6.45, 7) is 8.26. The van der Waals surface area contributed by atoms with Crippen molar-refractivity contribution in [2.24, 2.45) is 0 Å². The Morgan fingerprint density at radius 3 is 2.50 bits per heavy atom. The Kier molecular flexibility index (Phi) is 8.72. The van der Waals surface area contributed by atoms with Crippen molar-refractivity contribution in [1.29, 1.82) is 0 Å². The van der Waals surface area contributed by atoms with Gasteiger partial charge >= 0.3 is 0 Å². The highest BCUT2D eigenvalue weighted by Crippen LogP contribution is 2.17. The van der Waals surface area contributed by atoms with Crippen molar-refractivity contribution in [3.63, 3.8) is 0 Å². The zero-order chi connectivity index (χ0) is 21.2. The minimum absolute atomic E-state index is 0.0501. The zero-order valence-corrected chi connectivity index (χ0v) is 18.2. The van der Waals surface area contributed by atoms with E-state index in [2.05, 4.69) is 48.3 Å². The van der Waals surface area contributed by atoms with E-state index in [1.54, 1.807) is 0 Å². The van der Waals surface area contributed by atoms with Gasteiger partial charge in [-0.2, -0.15) is 0 Å². The summed E-state index contributed by atoms with van der Waals surface area (Å²) in [6.07, 6.45) is 3.26. The van der Waals surface area contributed by atoms with Crippen LogP contribution in [0.1, 0.15) is 42.6 Å². The summed E-state index contributed by atoms with van der Waals surface area (Å²) in [5, 5.41) is 3.12. The fourth-order valence-electron chi connectivity index (χ4n) is 3.94. The summed E-state index contributed by atoms with van der Waals surface area (Å²) in [7, 11) is 0. The Morgan fingerprint density at radius 2 is 1.87 bits per heavy atom. The van der Waals surface area contributed by atoms with Gasteiger partial charge in [0, 0.05) is 24.8 Å². The Balaban J connectivity index is 1.53. The third-order valence-electron chi connectivity index (χ3n) is 5.72. The number of nitrogens with one attached hydrogen (secondary N) is 1. The predicted octanol–water partition coefficient (Wildman–Crippen LogP) is 3.93. The smallest absolute Gasteiger partial charge is 0.251 e. The van der Waals surface area contributed by atoms with Gasteiger partial charge in [-0.1, -0.05) is 44.2 Å². The van der Waals surface area contributed by atoms with Gasteiger partial charge in [-0.3, -0.25) is 9.69 Å². The molecule has 0 bridgehead atoms. The number of nitrogens with zero attached hydrogens (tertiary/aromatic N) is 1. The molecule has 1 aliphatic heterocycles. The van der Waals surface area contributed by atoms with E-state index in [-0.39, 0.29) is 18.1 Å². The van der Waals surface area contributed by atoms with Crippen molar-refractivity contribution in [1.82, 2.24) is 10.2 Å². The molecule has 3 rings (SSSR count). The standard InChI is InChI=1S/C25H34N2O3/c1-3-27(4-2)22(17-20-9-6-5-7-10-20)18-26-25(28)21-12-14-23(15-13-21)30-19-24-11-8-16-29-24/h5-7,9-10,12-15,22,24H,3-4,8,11,16-19H2,1-2H3,(H,26,28)/t22-,24+/m1/s1. The van der Waals surface area contributed by atoms with Gasteiger partial charge in [0.1, 0.15) is 12.4 Å². The monoisotopic (exact) mass is 410 g/mol. The third-order valence-corrected chi connectivity index (χ3v) is 5.72. The van der Waals surface area contributed by atoms with Crippen LogP contribution in [-0.4, -0.2) is 55.8 Å². The van der Waals surface area contributed by atoms with Gasteiger partial charge in [-0.25, -0.2) is 0 Å². The molecule has 1 amide bonds. The normalized spacial score (nSPS) is 17.1. The van der Waals surface area contributed by atoms with E-state index in [4.69, 9.17) is 9.47 Å². The van der Waals surface area contributed by atoms with Crippen molar-refractivity contribution in [2.45, 2.75) is 45.3 Å². The van der Waals surface area contributed by atoms with E-state index < -0.39 is 0 Å². The van der Waals surface area contributed by atoms with E-state index in [0.29, 0.717) is 18.7 Å². The van der Waals surface area contributed by atoms with Crippen molar-refractivity contribution in [3.05, 3.63) is 65.7 Å². The number of ether oxygens (including phenoxy) is 2. The highest BCUT2D eigenvalue weighted by Gasteiger charge is 2.18. The molecular weight excluding hydrogens is 376 g/mol.